The molecule has 0 N–H and O–H groups in total. The van der Waals surface area contributed by atoms with Crippen LogP contribution in [0.3, 0.4) is 0 Å². The second kappa shape index (κ2) is 7.05. The summed E-state index contributed by atoms with van der Waals surface area (Å²) >= 11 is 1.53. The average Bonchev–Trinajstić information content (AvgIpc) is 2.97. The van der Waals surface area contributed by atoms with E-state index in [1.165, 1.54) is 11.3 Å². The SMILES string of the molecule is CN1CCCN(C(=O)c2nc3c(s2)CCCN3c2ncccn2)CC1. The molecule has 0 unspecified atom stereocenters. The van der Waals surface area contributed by atoms with Crippen LogP contribution in [0.15, 0.2) is 18.5 Å². The highest BCUT2D eigenvalue weighted by molar-refractivity contribution is 7.14. The van der Waals surface area contributed by atoms with Crippen LogP contribution in [0.2, 0.25) is 0 Å². The summed E-state index contributed by atoms with van der Waals surface area (Å²) in [5, 5.41) is 0.595. The van der Waals surface area contributed by atoms with Gasteiger partial charge in [0.15, 0.2) is 10.8 Å². The van der Waals surface area contributed by atoms with E-state index in [-0.39, 0.29) is 5.91 Å². The number of hydrogen-bond acceptors (Lipinski definition) is 7. The van der Waals surface area contributed by atoms with Gasteiger partial charge in [0.05, 0.1) is 0 Å². The predicted octanol–water partition coefficient (Wildman–Crippen LogP) is 1.80. The predicted molar refractivity (Wildman–Crippen MR) is 97.5 cm³/mol. The number of hydrogen-bond donors (Lipinski definition) is 0. The van der Waals surface area contributed by atoms with Crippen LogP contribution < -0.4 is 4.90 Å². The molecule has 4 rings (SSSR count). The van der Waals surface area contributed by atoms with Gasteiger partial charge < -0.3 is 9.80 Å². The van der Waals surface area contributed by atoms with Crippen molar-refractivity contribution in [2.45, 2.75) is 19.3 Å². The summed E-state index contributed by atoms with van der Waals surface area (Å²) in [5.41, 5.74) is 0. The molecule has 1 fully saturated rings. The highest BCUT2D eigenvalue weighted by Gasteiger charge is 2.28. The molecule has 0 radical (unpaired) electrons. The quantitative estimate of drug-likeness (QED) is 0.816. The molecule has 132 valence electrons. The lowest BCUT2D eigenvalue weighted by atomic mass is 10.2. The first kappa shape index (κ1) is 16.4. The van der Waals surface area contributed by atoms with Gasteiger partial charge in [-0.05, 0) is 38.9 Å². The van der Waals surface area contributed by atoms with E-state index in [1.807, 2.05) is 9.80 Å². The van der Waals surface area contributed by atoms with Crippen LogP contribution in [-0.4, -0.2) is 70.4 Å². The number of amides is 1. The van der Waals surface area contributed by atoms with Gasteiger partial charge >= 0.3 is 0 Å². The standard InChI is InChI=1S/C17H22N6OS/c1-21-8-4-9-22(12-11-21)16(24)15-20-14-13(25-15)5-2-10-23(14)17-18-6-3-7-19-17/h3,6-7H,2,4-5,8-12H2,1H3. The highest BCUT2D eigenvalue weighted by Crippen LogP contribution is 2.35. The summed E-state index contributed by atoms with van der Waals surface area (Å²) in [6, 6.07) is 1.81. The summed E-state index contributed by atoms with van der Waals surface area (Å²) in [4.78, 5) is 33.7. The van der Waals surface area contributed by atoms with E-state index in [0.717, 1.165) is 62.7 Å². The maximum atomic E-state index is 12.9. The minimum Gasteiger partial charge on any atom is -0.335 e. The van der Waals surface area contributed by atoms with Crippen molar-refractivity contribution in [3.05, 3.63) is 28.3 Å². The normalized spacial score (nSPS) is 18.8. The maximum absolute atomic E-state index is 12.9. The lowest BCUT2D eigenvalue weighted by Gasteiger charge is -2.25. The fraction of sp³-hybridized carbons (Fsp3) is 0.529. The molecule has 2 aromatic rings. The van der Waals surface area contributed by atoms with Crippen molar-refractivity contribution >= 4 is 29.0 Å². The Kier molecular flexibility index (Phi) is 4.63. The first-order valence-electron chi connectivity index (χ1n) is 8.74. The molecule has 7 nitrogen and oxygen atoms in total. The van der Waals surface area contributed by atoms with Gasteiger partial charge in [0.2, 0.25) is 5.95 Å². The van der Waals surface area contributed by atoms with E-state index < -0.39 is 0 Å². The molecule has 2 aromatic heterocycles. The molecule has 0 aliphatic carbocycles. The smallest absolute Gasteiger partial charge is 0.282 e. The molecule has 2 aliphatic heterocycles. The number of fused-ring (bicyclic) bond motifs is 1. The molecule has 0 spiro atoms. The Balaban J connectivity index is 1.59. The largest absolute Gasteiger partial charge is 0.335 e. The van der Waals surface area contributed by atoms with E-state index in [0.29, 0.717) is 11.0 Å². The summed E-state index contributed by atoms with van der Waals surface area (Å²) in [7, 11) is 2.10. The van der Waals surface area contributed by atoms with Crippen LogP contribution in [0.1, 0.15) is 27.5 Å². The van der Waals surface area contributed by atoms with Gasteiger partial charge in [-0.3, -0.25) is 9.69 Å². The lowest BCUT2D eigenvalue weighted by molar-refractivity contribution is 0.0762. The second-order valence-electron chi connectivity index (χ2n) is 6.52. The lowest BCUT2D eigenvalue weighted by Crippen LogP contribution is -2.34. The van der Waals surface area contributed by atoms with Crippen LogP contribution in [-0.2, 0) is 6.42 Å². The Labute approximate surface area is 151 Å². The van der Waals surface area contributed by atoms with Crippen LogP contribution in [0.5, 0.6) is 0 Å². The Hall–Kier alpha value is -2.06. The van der Waals surface area contributed by atoms with E-state index in [1.54, 1.807) is 18.5 Å². The number of aromatic nitrogens is 3. The topological polar surface area (TPSA) is 65.5 Å². The molecule has 4 heterocycles. The Morgan fingerprint density at radius 1 is 1.08 bits per heavy atom. The zero-order chi connectivity index (χ0) is 17.2. The number of aryl methyl sites for hydroxylation is 1. The van der Waals surface area contributed by atoms with Crippen molar-refractivity contribution in [1.82, 2.24) is 24.8 Å². The molecule has 2 aliphatic rings. The average molecular weight is 358 g/mol. The van der Waals surface area contributed by atoms with Crippen molar-refractivity contribution in [2.24, 2.45) is 0 Å². The summed E-state index contributed by atoms with van der Waals surface area (Å²) in [5.74, 6) is 1.57. The van der Waals surface area contributed by atoms with Crippen molar-refractivity contribution in [1.29, 1.82) is 0 Å². The van der Waals surface area contributed by atoms with Crippen LogP contribution in [0.25, 0.3) is 0 Å². The van der Waals surface area contributed by atoms with Crippen LogP contribution >= 0.6 is 11.3 Å². The van der Waals surface area contributed by atoms with Gasteiger partial charge in [0.25, 0.3) is 5.91 Å². The fourth-order valence-corrected chi connectivity index (χ4v) is 4.40. The minimum absolute atomic E-state index is 0.0589. The summed E-state index contributed by atoms with van der Waals surface area (Å²) in [6.07, 6.45) is 6.48. The number of likely N-dealkylation sites (N-methyl/N-ethyl adjacent to an activating group) is 1. The molecule has 8 heteroatoms. The molecule has 0 aromatic carbocycles. The van der Waals surface area contributed by atoms with Gasteiger partial charge in [-0.1, -0.05) is 0 Å². The fourth-order valence-electron chi connectivity index (χ4n) is 3.32. The first-order chi connectivity index (χ1) is 12.2. The summed E-state index contributed by atoms with van der Waals surface area (Å²) < 4.78 is 0. The number of anilines is 2. The highest BCUT2D eigenvalue weighted by atomic mass is 32.1. The van der Waals surface area contributed by atoms with Gasteiger partial charge in [-0.15, -0.1) is 11.3 Å². The first-order valence-corrected chi connectivity index (χ1v) is 9.56. The third-order valence-corrected chi connectivity index (χ3v) is 5.79. The van der Waals surface area contributed by atoms with Crippen LogP contribution in [0.4, 0.5) is 11.8 Å². The molecule has 0 bridgehead atoms. The molecule has 0 atom stereocenters. The Bertz CT molecular complexity index is 749. The van der Waals surface area contributed by atoms with E-state index >= 15 is 0 Å². The number of nitrogens with zero attached hydrogens (tertiary/aromatic N) is 6. The molecule has 0 saturated carbocycles. The van der Waals surface area contributed by atoms with Crippen molar-refractivity contribution in [3.63, 3.8) is 0 Å². The molecular formula is C17H22N6OS. The van der Waals surface area contributed by atoms with Gasteiger partial charge in [-0.2, -0.15) is 0 Å². The molecular weight excluding hydrogens is 336 g/mol. The molecule has 1 saturated heterocycles. The van der Waals surface area contributed by atoms with Crippen molar-refractivity contribution in [3.8, 4) is 0 Å². The van der Waals surface area contributed by atoms with Crippen LogP contribution in [0, 0.1) is 0 Å². The maximum Gasteiger partial charge on any atom is 0.282 e. The van der Waals surface area contributed by atoms with E-state index in [2.05, 4.69) is 21.9 Å². The Morgan fingerprint density at radius 3 is 2.76 bits per heavy atom. The zero-order valence-electron chi connectivity index (χ0n) is 14.4. The van der Waals surface area contributed by atoms with Gasteiger partial charge in [0, 0.05) is 43.4 Å². The molecule has 1 amide bonds. The Morgan fingerprint density at radius 2 is 1.92 bits per heavy atom. The van der Waals surface area contributed by atoms with Crippen molar-refractivity contribution in [2.75, 3.05) is 44.7 Å². The minimum atomic E-state index is 0.0589. The third-order valence-electron chi connectivity index (χ3n) is 4.70. The molecule has 25 heavy (non-hydrogen) atoms. The number of carbonyl (C=O) groups is 1. The summed E-state index contributed by atoms with van der Waals surface area (Å²) in [6.45, 7) is 4.37. The zero-order valence-corrected chi connectivity index (χ0v) is 15.2. The number of carbonyl (C=O) groups excluding carboxylic acids is 1. The van der Waals surface area contributed by atoms with Gasteiger partial charge in [0.1, 0.15) is 0 Å². The monoisotopic (exact) mass is 358 g/mol. The van der Waals surface area contributed by atoms with Gasteiger partial charge in [-0.25, -0.2) is 15.0 Å². The van der Waals surface area contributed by atoms with E-state index in [9.17, 15) is 4.79 Å². The third kappa shape index (κ3) is 3.36. The number of rotatable bonds is 2. The number of thiazole rings is 1. The van der Waals surface area contributed by atoms with E-state index in [4.69, 9.17) is 4.98 Å². The second-order valence-corrected chi connectivity index (χ2v) is 7.60. The van der Waals surface area contributed by atoms with Crippen molar-refractivity contribution < 1.29 is 4.79 Å².